The highest BCUT2D eigenvalue weighted by Crippen LogP contribution is 2.33. The Labute approximate surface area is 203 Å². The summed E-state index contributed by atoms with van der Waals surface area (Å²) in [6.07, 6.45) is 8.47. The number of benzene rings is 2. The van der Waals surface area contributed by atoms with E-state index in [1.165, 1.54) is 0 Å². The molecule has 1 aliphatic carbocycles. The van der Waals surface area contributed by atoms with E-state index in [-0.39, 0.29) is 25.1 Å². The second-order valence-corrected chi connectivity index (χ2v) is 8.77. The molecule has 0 saturated heterocycles. The summed E-state index contributed by atoms with van der Waals surface area (Å²) in [5.74, 6) is 1.40. The maximum Gasteiger partial charge on any atom is 0.147 e. The average molecular weight is 467 g/mol. The van der Waals surface area contributed by atoms with Gasteiger partial charge in [-0.1, -0.05) is 55.5 Å². The van der Waals surface area contributed by atoms with Gasteiger partial charge in [0.15, 0.2) is 0 Å². The summed E-state index contributed by atoms with van der Waals surface area (Å²) in [7, 11) is 0. The lowest BCUT2D eigenvalue weighted by Gasteiger charge is -2.47. The molecule has 2 aromatic rings. The number of rotatable bonds is 13. The van der Waals surface area contributed by atoms with Crippen LogP contribution in [0.2, 0.25) is 0 Å². The van der Waals surface area contributed by atoms with E-state index >= 15 is 0 Å². The number of ether oxygens (including phenoxy) is 1. The summed E-state index contributed by atoms with van der Waals surface area (Å²) in [4.78, 5) is 7.46. The molecule has 1 aliphatic rings. The van der Waals surface area contributed by atoms with E-state index in [0.717, 1.165) is 24.3 Å². The van der Waals surface area contributed by atoms with Crippen molar-refractivity contribution in [3.63, 3.8) is 0 Å². The normalized spacial score (nSPS) is 21.4. The Morgan fingerprint density at radius 3 is 2.44 bits per heavy atom. The van der Waals surface area contributed by atoms with Gasteiger partial charge in [0.05, 0.1) is 0 Å². The lowest BCUT2D eigenvalue weighted by Crippen LogP contribution is -2.59. The SMILES string of the molecule is CCNOc1ccc(C[C@@H](C)N(C[C@H](O)COc2ccccc2)C2(O)C=CC=C[C@H]2CC)cc1. The van der Waals surface area contributed by atoms with Crippen LogP contribution in [0.3, 0.4) is 0 Å². The Morgan fingerprint density at radius 2 is 1.76 bits per heavy atom. The van der Waals surface area contributed by atoms with Gasteiger partial charge in [0.2, 0.25) is 0 Å². The van der Waals surface area contributed by atoms with Crippen LogP contribution in [0.5, 0.6) is 11.5 Å². The number of nitrogens with one attached hydrogen (secondary N) is 1. The smallest absolute Gasteiger partial charge is 0.147 e. The molecule has 0 saturated carbocycles. The molecule has 0 fully saturated rings. The van der Waals surface area contributed by atoms with Gasteiger partial charge in [-0.25, -0.2) is 0 Å². The van der Waals surface area contributed by atoms with Crippen LogP contribution in [0.15, 0.2) is 78.9 Å². The van der Waals surface area contributed by atoms with Crippen LogP contribution in [0.4, 0.5) is 0 Å². The molecule has 0 aliphatic heterocycles. The molecule has 3 N–H and O–H groups in total. The Kier molecular flexibility index (Phi) is 9.72. The fourth-order valence-electron chi connectivity index (χ4n) is 4.37. The molecule has 0 aromatic heterocycles. The number of aliphatic hydroxyl groups is 2. The number of nitrogens with zero attached hydrogens (tertiary/aromatic N) is 1. The summed E-state index contributed by atoms with van der Waals surface area (Å²) in [6.45, 7) is 7.29. The molecule has 0 radical (unpaired) electrons. The van der Waals surface area contributed by atoms with Crippen LogP contribution < -0.4 is 15.1 Å². The van der Waals surface area contributed by atoms with Crippen LogP contribution in [0.1, 0.15) is 32.8 Å². The Hall–Kier alpha value is -2.64. The van der Waals surface area contributed by atoms with Gasteiger partial charge in [0, 0.05) is 25.0 Å². The fraction of sp³-hybridized carbons (Fsp3) is 0.429. The van der Waals surface area contributed by atoms with E-state index < -0.39 is 11.8 Å². The highest BCUT2D eigenvalue weighted by Gasteiger charge is 2.42. The van der Waals surface area contributed by atoms with E-state index in [0.29, 0.717) is 12.2 Å². The molecule has 1 unspecified atom stereocenters. The van der Waals surface area contributed by atoms with Crippen molar-refractivity contribution in [3.8, 4) is 11.5 Å². The van der Waals surface area contributed by atoms with E-state index in [2.05, 4.69) is 19.3 Å². The summed E-state index contributed by atoms with van der Waals surface area (Å²) in [5.41, 5.74) is 2.79. The first-order valence-corrected chi connectivity index (χ1v) is 12.2. The van der Waals surface area contributed by atoms with Crippen LogP contribution in [-0.2, 0) is 6.42 Å². The number of hydrogen-bond donors (Lipinski definition) is 3. The van der Waals surface area contributed by atoms with E-state index in [1.807, 2.05) is 90.7 Å². The van der Waals surface area contributed by atoms with Crippen molar-refractivity contribution in [1.29, 1.82) is 0 Å². The number of aliphatic hydroxyl groups excluding tert-OH is 1. The predicted molar refractivity (Wildman–Crippen MR) is 136 cm³/mol. The first kappa shape index (κ1) is 26.0. The van der Waals surface area contributed by atoms with E-state index in [4.69, 9.17) is 9.57 Å². The molecule has 0 spiro atoms. The van der Waals surface area contributed by atoms with E-state index in [9.17, 15) is 10.2 Å². The Balaban J connectivity index is 1.74. The van der Waals surface area contributed by atoms with E-state index in [1.54, 1.807) is 0 Å². The van der Waals surface area contributed by atoms with Gasteiger partial charge in [-0.05, 0) is 62.6 Å². The minimum Gasteiger partial charge on any atom is -0.491 e. The zero-order valence-electron chi connectivity index (χ0n) is 20.4. The Bertz CT molecular complexity index is 916. The molecule has 6 heteroatoms. The highest BCUT2D eigenvalue weighted by molar-refractivity contribution is 5.28. The molecule has 34 heavy (non-hydrogen) atoms. The van der Waals surface area contributed by atoms with Gasteiger partial charge in [-0.15, -0.1) is 0 Å². The van der Waals surface area contributed by atoms with Gasteiger partial charge in [-0.3, -0.25) is 4.90 Å². The van der Waals surface area contributed by atoms with Gasteiger partial charge >= 0.3 is 0 Å². The molecule has 6 nitrogen and oxygen atoms in total. The summed E-state index contributed by atoms with van der Waals surface area (Å²) >= 11 is 0. The predicted octanol–water partition coefficient (Wildman–Crippen LogP) is 4.10. The van der Waals surface area contributed by atoms with Crippen molar-refractivity contribution < 1.29 is 19.8 Å². The third kappa shape index (κ3) is 6.93. The zero-order chi connectivity index (χ0) is 24.4. The van der Waals surface area contributed by atoms with Crippen molar-refractivity contribution >= 4 is 0 Å². The quantitative estimate of drug-likeness (QED) is 0.305. The van der Waals surface area contributed by atoms with Crippen molar-refractivity contribution in [2.75, 3.05) is 19.7 Å². The topological polar surface area (TPSA) is 74.2 Å². The molecule has 2 aromatic carbocycles. The summed E-state index contributed by atoms with van der Waals surface area (Å²) in [6, 6.07) is 17.4. The average Bonchev–Trinajstić information content (AvgIpc) is 2.86. The van der Waals surface area contributed by atoms with Crippen molar-refractivity contribution in [1.82, 2.24) is 10.4 Å². The van der Waals surface area contributed by atoms with Gasteiger partial charge in [-0.2, -0.15) is 5.48 Å². The maximum atomic E-state index is 11.8. The Morgan fingerprint density at radius 1 is 1.03 bits per heavy atom. The number of hydrogen-bond acceptors (Lipinski definition) is 6. The maximum absolute atomic E-state index is 11.8. The largest absolute Gasteiger partial charge is 0.491 e. The van der Waals surface area contributed by atoms with Crippen molar-refractivity contribution in [2.45, 2.75) is 51.5 Å². The third-order valence-electron chi connectivity index (χ3n) is 6.16. The van der Waals surface area contributed by atoms with Gasteiger partial charge in [0.25, 0.3) is 0 Å². The minimum atomic E-state index is -1.19. The van der Waals surface area contributed by atoms with Crippen LogP contribution in [-0.4, -0.2) is 52.7 Å². The summed E-state index contributed by atoms with van der Waals surface area (Å²) in [5, 5.41) is 22.7. The number of para-hydroxylation sites is 1. The molecule has 184 valence electrons. The minimum absolute atomic E-state index is 0.0397. The zero-order valence-corrected chi connectivity index (χ0v) is 20.4. The third-order valence-corrected chi connectivity index (χ3v) is 6.16. The first-order valence-electron chi connectivity index (χ1n) is 12.2. The molecular weight excluding hydrogens is 428 g/mol. The second-order valence-electron chi connectivity index (χ2n) is 8.77. The first-order chi connectivity index (χ1) is 16.5. The second kappa shape index (κ2) is 12.7. The number of allylic oxidation sites excluding steroid dienone is 2. The van der Waals surface area contributed by atoms with Crippen LogP contribution >= 0.6 is 0 Å². The van der Waals surface area contributed by atoms with Crippen LogP contribution in [0.25, 0.3) is 0 Å². The summed E-state index contributed by atoms with van der Waals surface area (Å²) < 4.78 is 5.78. The number of hydroxylamine groups is 1. The lowest BCUT2D eigenvalue weighted by molar-refractivity contribution is -0.132. The monoisotopic (exact) mass is 466 g/mol. The fourth-order valence-corrected chi connectivity index (χ4v) is 4.37. The standard InChI is InChI=1S/C28H38N2O4/c1-4-24-11-9-10-18-28(24,32)30(20-25(31)21-33-26-12-7-6-8-13-26)22(3)19-23-14-16-27(17-15-23)34-29-5-2/h6-18,22,24-25,29,31-32H,4-5,19-21H2,1-3H3/t22-,24-,25+,28?/m1/s1. The molecular formula is C28H38N2O4. The van der Waals surface area contributed by atoms with Crippen molar-refractivity contribution in [3.05, 3.63) is 84.5 Å². The van der Waals surface area contributed by atoms with Gasteiger partial charge in [0.1, 0.15) is 29.9 Å². The van der Waals surface area contributed by atoms with Crippen LogP contribution in [0, 0.1) is 5.92 Å². The molecule has 0 bridgehead atoms. The lowest BCUT2D eigenvalue weighted by atomic mass is 9.85. The molecule has 3 rings (SSSR count). The van der Waals surface area contributed by atoms with Gasteiger partial charge < -0.3 is 19.8 Å². The highest BCUT2D eigenvalue weighted by atomic mass is 16.6. The molecule has 4 atom stereocenters. The van der Waals surface area contributed by atoms with Crippen molar-refractivity contribution in [2.24, 2.45) is 5.92 Å². The molecule has 0 amide bonds. The molecule has 0 heterocycles.